The summed E-state index contributed by atoms with van der Waals surface area (Å²) in [6.45, 7) is 0. The van der Waals surface area contributed by atoms with Gasteiger partial charge in [0.25, 0.3) is 0 Å². The number of hydrogen-bond donors (Lipinski definition) is 2. The predicted octanol–water partition coefficient (Wildman–Crippen LogP) is 5.16. The normalized spacial score (nSPS) is 12.2. The Morgan fingerprint density at radius 3 is 2.44 bits per heavy atom. The van der Waals surface area contributed by atoms with Crippen molar-refractivity contribution in [1.29, 1.82) is 5.26 Å². The monoisotopic (exact) mass is 570 g/mol. The number of carboxylic acids is 1. The highest BCUT2D eigenvalue weighted by atomic mass is 79.9. The SMILES string of the molecule is N#Cc1ccc(-n2c(Br)cnc2SC(F)(F)C(=O)NC(Cc2ccccc2)C(=O)O)c2ccccc12. The number of aliphatic carboxylic acids is 1. The second-order valence-electron chi connectivity index (χ2n) is 7.66. The molecule has 3 aromatic carbocycles. The van der Waals surface area contributed by atoms with E-state index in [-0.39, 0.29) is 23.3 Å². The van der Waals surface area contributed by atoms with E-state index in [0.717, 1.165) is 0 Å². The van der Waals surface area contributed by atoms with Crippen LogP contribution in [-0.2, 0) is 16.0 Å². The molecule has 0 spiro atoms. The second kappa shape index (κ2) is 10.5. The number of rotatable bonds is 8. The van der Waals surface area contributed by atoms with Gasteiger partial charge in [0.15, 0.2) is 5.16 Å². The van der Waals surface area contributed by atoms with E-state index in [1.54, 1.807) is 66.7 Å². The third-order valence-electron chi connectivity index (χ3n) is 5.32. The first kappa shape index (κ1) is 25.3. The van der Waals surface area contributed by atoms with E-state index in [1.165, 1.54) is 10.8 Å². The van der Waals surface area contributed by atoms with E-state index in [0.29, 0.717) is 32.2 Å². The van der Waals surface area contributed by atoms with E-state index in [1.807, 2.05) is 5.32 Å². The number of carbonyl (C=O) groups excluding carboxylic acids is 1. The first-order valence-corrected chi connectivity index (χ1v) is 12.1. The number of fused-ring (bicyclic) bond motifs is 1. The second-order valence-corrected chi connectivity index (χ2v) is 9.56. The number of carboxylic acid groups (broad SMARTS) is 1. The van der Waals surface area contributed by atoms with Gasteiger partial charge in [-0.3, -0.25) is 9.36 Å². The Hall–Kier alpha value is -3.75. The number of nitriles is 1. The van der Waals surface area contributed by atoms with Crippen LogP contribution >= 0.6 is 27.7 Å². The highest BCUT2D eigenvalue weighted by Crippen LogP contribution is 2.39. The molecule has 2 N–H and O–H groups in total. The predicted molar refractivity (Wildman–Crippen MR) is 134 cm³/mol. The van der Waals surface area contributed by atoms with Gasteiger partial charge in [0.2, 0.25) is 0 Å². The Bertz CT molecular complexity index is 1490. The van der Waals surface area contributed by atoms with Crippen molar-refractivity contribution in [2.45, 2.75) is 22.9 Å². The van der Waals surface area contributed by atoms with Gasteiger partial charge in [-0.25, -0.2) is 9.78 Å². The van der Waals surface area contributed by atoms with Crippen molar-refractivity contribution < 1.29 is 23.5 Å². The number of hydrogen-bond acceptors (Lipinski definition) is 5. The Balaban J connectivity index is 1.62. The maximum Gasteiger partial charge on any atom is 0.377 e. The summed E-state index contributed by atoms with van der Waals surface area (Å²) in [5, 5.41) is 17.8. The zero-order valence-corrected chi connectivity index (χ0v) is 20.8. The standard InChI is InChI=1S/C25H17BrF2N4O3S/c26-21-14-30-24(32(21)20-11-10-16(13-29)17-8-4-5-9-18(17)20)36-25(27,28)23(35)31-19(22(33)34)12-15-6-2-1-3-7-15/h1-11,14,19H,12H2,(H,31,35)(H,33,34). The lowest BCUT2D eigenvalue weighted by molar-refractivity contribution is -0.145. The fraction of sp³-hybridized carbons (Fsp3) is 0.120. The molecule has 0 radical (unpaired) electrons. The number of alkyl halides is 2. The molecule has 1 atom stereocenters. The smallest absolute Gasteiger partial charge is 0.377 e. The molecular formula is C25H17BrF2N4O3S. The van der Waals surface area contributed by atoms with Gasteiger partial charge in [0.1, 0.15) is 10.6 Å². The number of nitrogens with zero attached hydrogens (tertiary/aromatic N) is 3. The van der Waals surface area contributed by atoms with E-state index >= 15 is 8.78 Å². The molecule has 182 valence electrons. The Morgan fingerprint density at radius 1 is 1.11 bits per heavy atom. The molecule has 0 aliphatic heterocycles. The first-order valence-electron chi connectivity index (χ1n) is 10.5. The molecule has 0 aliphatic rings. The molecule has 36 heavy (non-hydrogen) atoms. The minimum atomic E-state index is -4.03. The van der Waals surface area contributed by atoms with Crippen LogP contribution in [0.2, 0.25) is 0 Å². The minimum Gasteiger partial charge on any atom is -0.480 e. The van der Waals surface area contributed by atoms with Gasteiger partial charge in [-0.2, -0.15) is 14.0 Å². The van der Waals surface area contributed by atoms with Crippen LogP contribution in [-0.4, -0.2) is 37.8 Å². The highest BCUT2D eigenvalue weighted by molar-refractivity contribution is 9.10. The first-order chi connectivity index (χ1) is 17.2. The number of imidazole rings is 1. The lowest BCUT2D eigenvalue weighted by Crippen LogP contribution is -2.48. The molecule has 11 heteroatoms. The Morgan fingerprint density at radius 2 is 1.78 bits per heavy atom. The van der Waals surface area contributed by atoms with Crippen LogP contribution in [0.3, 0.4) is 0 Å². The molecule has 1 amide bonds. The van der Waals surface area contributed by atoms with Crippen molar-refractivity contribution in [1.82, 2.24) is 14.9 Å². The molecule has 0 saturated heterocycles. The average molecular weight is 571 g/mol. The third kappa shape index (κ3) is 5.24. The van der Waals surface area contributed by atoms with Crippen molar-refractivity contribution in [3.63, 3.8) is 0 Å². The van der Waals surface area contributed by atoms with Crippen LogP contribution in [0, 0.1) is 11.3 Å². The molecular weight excluding hydrogens is 554 g/mol. The van der Waals surface area contributed by atoms with Gasteiger partial charge in [-0.05, 0) is 45.4 Å². The zero-order valence-electron chi connectivity index (χ0n) is 18.4. The third-order valence-corrected chi connectivity index (χ3v) is 6.79. The number of thioether (sulfide) groups is 1. The number of amides is 1. The van der Waals surface area contributed by atoms with E-state index in [4.69, 9.17) is 0 Å². The average Bonchev–Trinajstić information content (AvgIpc) is 3.22. The maximum atomic E-state index is 15.0. The van der Waals surface area contributed by atoms with Crippen LogP contribution in [0.25, 0.3) is 16.5 Å². The minimum absolute atomic E-state index is 0.107. The molecule has 1 unspecified atom stereocenters. The van der Waals surface area contributed by atoms with Crippen molar-refractivity contribution in [3.8, 4) is 11.8 Å². The number of nitrogens with one attached hydrogen (secondary N) is 1. The van der Waals surface area contributed by atoms with Gasteiger partial charge in [0.05, 0.1) is 23.5 Å². The van der Waals surface area contributed by atoms with E-state index < -0.39 is 23.2 Å². The van der Waals surface area contributed by atoms with Gasteiger partial charge in [-0.15, -0.1) is 0 Å². The molecule has 1 heterocycles. The van der Waals surface area contributed by atoms with Gasteiger partial charge in [-0.1, -0.05) is 54.6 Å². The van der Waals surface area contributed by atoms with Crippen LogP contribution in [0.1, 0.15) is 11.1 Å². The molecule has 0 bridgehead atoms. The van der Waals surface area contributed by atoms with Gasteiger partial charge in [0, 0.05) is 17.2 Å². The number of carbonyl (C=O) groups is 2. The van der Waals surface area contributed by atoms with Crippen molar-refractivity contribution in [2.24, 2.45) is 0 Å². The highest BCUT2D eigenvalue weighted by Gasteiger charge is 2.43. The largest absolute Gasteiger partial charge is 0.480 e. The fourth-order valence-corrected chi connectivity index (χ4v) is 4.99. The lowest BCUT2D eigenvalue weighted by atomic mass is 10.0. The van der Waals surface area contributed by atoms with Crippen LogP contribution in [0.4, 0.5) is 8.78 Å². The summed E-state index contributed by atoms with van der Waals surface area (Å²) in [5.74, 6) is -3.17. The molecule has 1 aromatic heterocycles. The molecule has 0 saturated carbocycles. The summed E-state index contributed by atoms with van der Waals surface area (Å²) >= 11 is 3.21. The van der Waals surface area contributed by atoms with E-state index in [9.17, 15) is 20.0 Å². The molecule has 7 nitrogen and oxygen atoms in total. The van der Waals surface area contributed by atoms with E-state index in [2.05, 4.69) is 27.0 Å². The van der Waals surface area contributed by atoms with Crippen LogP contribution in [0.15, 0.2) is 82.7 Å². The van der Waals surface area contributed by atoms with Crippen molar-refractivity contribution in [2.75, 3.05) is 0 Å². The summed E-state index contributed by atoms with van der Waals surface area (Å²) in [4.78, 5) is 28.2. The summed E-state index contributed by atoms with van der Waals surface area (Å²) < 4.78 is 31.8. The number of aromatic nitrogens is 2. The fourth-order valence-electron chi connectivity index (χ4n) is 3.63. The molecule has 4 aromatic rings. The lowest BCUT2D eigenvalue weighted by Gasteiger charge is -2.20. The number of benzene rings is 3. The quantitative estimate of drug-likeness (QED) is 0.283. The molecule has 4 rings (SSSR count). The van der Waals surface area contributed by atoms with Crippen LogP contribution in [0.5, 0.6) is 0 Å². The van der Waals surface area contributed by atoms with Crippen LogP contribution < -0.4 is 5.32 Å². The summed E-state index contributed by atoms with van der Waals surface area (Å²) in [7, 11) is 0. The Kier molecular flexibility index (Phi) is 7.37. The van der Waals surface area contributed by atoms with Crippen molar-refractivity contribution >= 4 is 50.3 Å². The summed E-state index contributed by atoms with van der Waals surface area (Å²) in [6.07, 6.45) is 1.17. The summed E-state index contributed by atoms with van der Waals surface area (Å²) in [5.41, 5.74) is 1.47. The topological polar surface area (TPSA) is 108 Å². The number of halogens is 3. The molecule has 0 fully saturated rings. The summed E-state index contributed by atoms with van der Waals surface area (Å²) in [6, 6.07) is 19.2. The van der Waals surface area contributed by atoms with Gasteiger partial charge < -0.3 is 10.4 Å². The molecule has 0 aliphatic carbocycles. The Labute approximate surface area is 216 Å². The maximum absolute atomic E-state index is 15.0. The van der Waals surface area contributed by atoms with Crippen molar-refractivity contribution in [3.05, 3.63) is 88.7 Å². The zero-order chi connectivity index (χ0) is 25.9. The van der Waals surface area contributed by atoms with Gasteiger partial charge >= 0.3 is 17.1 Å².